The van der Waals surface area contributed by atoms with Crippen LogP contribution in [0.1, 0.15) is 5.56 Å². The molecule has 0 bridgehead atoms. The van der Waals surface area contributed by atoms with E-state index in [4.69, 9.17) is 23.2 Å². The van der Waals surface area contributed by atoms with Crippen LogP contribution in [0.25, 0.3) is 0 Å². The minimum absolute atomic E-state index is 0.0462. The van der Waals surface area contributed by atoms with Gasteiger partial charge >= 0.3 is 0 Å². The average Bonchev–Trinajstić information content (AvgIpc) is 2.35. The molecule has 0 aliphatic heterocycles. The van der Waals surface area contributed by atoms with Gasteiger partial charge in [0.15, 0.2) is 9.84 Å². The fourth-order valence-corrected chi connectivity index (χ4v) is 3.42. The summed E-state index contributed by atoms with van der Waals surface area (Å²) in [5.41, 5.74) is 0.415. The highest BCUT2D eigenvalue weighted by Crippen LogP contribution is 2.28. The molecular weight excluding hydrogens is 310 g/mol. The van der Waals surface area contributed by atoms with Crippen molar-refractivity contribution in [1.82, 2.24) is 0 Å². The zero-order valence-electron chi connectivity index (χ0n) is 9.61. The standard InChI is InChI=1S/C13H9Cl2FO2S/c14-12-3-1-2-9(13(12)15)8-19(17,18)11-6-4-10(16)5-7-11/h1-7H,8H2. The van der Waals surface area contributed by atoms with Crippen LogP contribution in [0.4, 0.5) is 4.39 Å². The van der Waals surface area contributed by atoms with Crippen molar-refractivity contribution in [2.45, 2.75) is 10.6 Å². The van der Waals surface area contributed by atoms with Gasteiger partial charge in [-0.1, -0.05) is 35.3 Å². The van der Waals surface area contributed by atoms with E-state index in [0.717, 1.165) is 12.1 Å². The summed E-state index contributed by atoms with van der Waals surface area (Å²) in [5.74, 6) is -0.766. The maximum absolute atomic E-state index is 12.8. The van der Waals surface area contributed by atoms with Crippen molar-refractivity contribution in [3.8, 4) is 0 Å². The number of hydrogen-bond acceptors (Lipinski definition) is 2. The molecule has 0 N–H and O–H groups in total. The Balaban J connectivity index is 2.36. The summed E-state index contributed by atoms with van der Waals surface area (Å²) in [7, 11) is -3.58. The Morgan fingerprint density at radius 1 is 1.00 bits per heavy atom. The molecule has 0 aromatic heterocycles. The highest BCUT2D eigenvalue weighted by atomic mass is 35.5. The number of rotatable bonds is 3. The van der Waals surface area contributed by atoms with Crippen LogP contribution in [0.15, 0.2) is 47.4 Å². The molecule has 0 unspecified atom stereocenters. The maximum atomic E-state index is 12.8. The maximum Gasteiger partial charge on any atom is 0.182 e. The van der Waals surface area contributed by atoms with Crippen molar-refractivity contribution in [3.05, 3.63) is 63.9 Å². The van der Waals surface area contributed by atoms with E-state index in [1.165, 1.54) is 12.1 Å². The lowest BCUT2D eigenvalue weighted by Crippen LogP contribution is -2.05. The Kier molecular flexibility index (Phi) is 4.13. The van der Waals surface area contributed by atoms with Crippen LogP contribution in [0, 0.1) is 5.82 Å². The zero-order chi connectivity index (χ0) is 14.0. The van der Waals surface area contributed by atoms with Gasteiger partial charge in [0.2, 0.25) is 0 Å². The highest BCUT2D eigenvalue weighted by molar-refractivity contribution is 7.90. The van der Waals surface area contributed by atoms with E-state index in [1.54, 1.807) is 18.2 Å². The van der Waals surface area contributed by atoms with Crippen molar-refractivity contribution in [3.63, 3.8) is 0 Å². The fourth-order valence-electron chi connectivity index (χ4n) is 1.59. The summed E-state index contributed by atoms with van der Waals surface area (Å²) < 4.78 is 37.1. The highest BCUT2D eigenvalue weighted by Gasteiger charge is 2.17. The topological polar surface area (TPSA) is 34.1 Å². The van der Waals surface area contributed by atoms with Crippen LogP contribution >= 0.6 is 23.2 Å². The van der Waals surface area contributed by atoms with E-state index in [0.29, 0.717) is 10.6 Å². The molecule has 0 fully saturated rings. The van der Waals surface area contributed by atoms with E-state index >= 15 is 0 Å². The fraction of sp³-hybridized carbons (Fsp3) is 0.0769. The smallest absolute Gasteiger partial charge is 0.182 e. The first-order valence-corrected chi connectivity index (χ1v) is 7.72. The van der Waals surface area contributed by atoms with Gasteiger partial charge in [0.25, 0.3) is 0 Å². The number of benzene rings is 2. The zero-order valence-corrected chi connectivity index (χ0v) is 11.9. The Morgan fingerprint density at radius 2 is 1.63 bits per heavy atom. The second-order valence-corrected chi connectivity index (χ2v) is 6.70. The van der Waals surface area contributed by atoms with Gasteiger partial charge in [0, 0.05) is 0 Å². The van der Waals surface area contributed by atoms with Crippen molar-refractivity contribution >= 4 is 33.0 Å². The Bertz CT molecular complexity index is 697. The third-order valence-corrected chi connectivity index (χ3v) is 5.09. The van der Waals surface area contributed by atoms with Crippen LogP contribution in [-0.4, -0.2) is 8.42 Å². The van der Waals surface area contributed by atoms with Crippen molar-refractivity contribution in [1.29, 1.82) is 0 Å². The molecule has 0 spiro atoms. The second kappa shape index (κ2) is 5.49. The van der Waals surface area contributed by atoms with Crippen molar-refractivity contribution in [2.75, 3.05) is 0 Å². The van der Waals surface area contributed by atoms with E-state index in [-0.39, 0.29) is 15.7 Å². The molecule has 2 rings (SSSR count). The summed E-state index contributed by atoms with van der Waals surface area (Å²) in [4.78, 5) is 0.0462. The summed E-state index contributed by atoms with van der Waals surface area (Å²) in [6.45, 7) is 0. The summed E-state index contributed by atoms with van der Waals surface area (Å²) in [6.07, 6.45) is 0. The van der Waals surface area contributed by atoms with E-state index in [9.17, 15) is 12.8 Å². The van der Waals surface area contributed by atoms with Gasteiger partial charge in [-0.25, -0.2) is 12.8 Å². The van der Waals surface area contributed by atoms with Gasteiger partial charge in [-0.3, -0.25) is 0 Å². The molecule has 100 valence electrons. The van der Waals surface area contributed by atoms with E-state index < -0.39 is 15.7 Å². The second-order valence-electron chi connectivity index (χ2n) is 3.93. The lowest BCUT2D eigenvalue weighted by Gasteiger charge is -2.07. The van der Waals surface area contributed by atoms with Crippen molar-refractivity contribution < 1.29 is 12.8 Å². The summed E-state index contributed by atoms with van der Waals surface area (Å²) in [6, 6.07) is 9.46. The number of halogens is 3. The first-order chi connectivity index (χ1) is 8.90. The summed E-state index contributed by atoms with van der Waals surface area (Å²) in [5, 5.41) is 0.517. The monoisotopic (exact) mass is 318 g/mol. The van der Waals surface area contributed by atoms with Gasteiger partial charge in [0.1, 0.15) is 5.82 Å². The average molecular weight is 319 g/mol. The number of hydrogen-bond donors (Lipinski definition) is 0. The first-order valence-electron chi connectivity index (χ1n) is 5.31. The first kappa shape index (κ1) is 14.3. The third-order valence-electron chi connectivity index (χ3n) is 2.55. The molecule has 0 atom stereocenters. The normalized spacial score (nSPS) is 11.5. The van der Waals surface area contributed by atoms with Crippen LogP contribution in [-0.2, 0) is 15.6 Å². The molecule has 0 amide bonds. The molecule has 19 heavy (non-hydrogen) atoms. The molecular formula is C13H9Cl2FO2S. The van der Waals surface area contributed by atoms with Gasteiger partial charge in [-0.05, 0) is 35.9 Å². The van der Waals surface area contributed by atoms with Crippen LogP contribution in [0.3, 0.4) is 0 Å². The molecule has 0 aliphatic carbocycles. The molecule has 0 aliphatic rings. The van der Waals surface area contributed by atoms with Crippen molar-refractivity contribution in [2.24, 2.45) is 0 Å². The van der Waals surface area contributed by atoms with Crippen LogP contribution in [0.2, 0.25) is 10.0 Å². The SMILES string of the molecule is O=S(=O)(Cc1cccc(Cl)c1Cl)c1ccc(F)cc1. The Hall–Kier alpha value is -1.10. The van der Waals surface area contributed by atoms with Crippen LogP contribution < -0.4 is 0 Å². The number of sulfone groups is 1. The lowest BCUT2D eigenvalue weighted by molar-refractivity contribution is 0.594. The molecule has 0 radical (unpaired) electrons. The summed E-state index contributed by atoms with van der Waals surface area (Å²) >= 11 is 11.8. The molecule has 0 saturated heterocycles. The molecule has 0 heterocycles. The van der Waals surface area contributed by atoms with E-state index in [2.05, 4.69) is 0 Å². The molecule has 2 aromatic rings. The predicted molar refractivity (Wildman–Crippen MR) is 73.8 cm³/mol. The lowest BCUT2D eigenvalue weighted by atomic mass is 10.2. The minimum atomic E-state index is -3.58. The third kappa shape index (κ3) is 3.26. The Labute approximate surface area is 120 Å². The molecule has 2 nitrogen and oxygen atoms in total. The Morgan fingerprint density at radius 3 is 2.26 bits per heavy atom. The van der Waals surface area contributed by atoms with E-state index in [1.807, 2.05) is 0 Å². The van der Waals surface area contributed by atoms with Gasteiger partial charge in [-0.2, -0.15) is 0 Å². The predicted octanol–water partition coefficient (Wildman–Crippen LogP) is 4.11. The van der Waals surface area contributed by atoms with Gasteiger partial charge in [0.05, 0.1) is 20.7 Å². The molecule has 2 aromatic carbocycles. The quantitative estimate of drug-likeness (QED) is 0.798. The largest absolute Gasteiger partial charge is 0.223 e. The molecule has 6 heteroatoms. The minimum Gasteiger partial charge on any atom is -0.223 e. The van der Waals surface area contributed by atoms with Crippen LogP contribution in [0.5, 0.6) is 0 Å². The molecule has 0 saturated carbocycles. The van der Waals surface area contributed by atoms with Gasteiger partial charge in [-0.15, -0.1) is 0 Å². The van der Waals surface area contributed by atoms with Gasteiger partial charge < -0.3 is 0 Å².